The average Bonchev–Trinajstić information content (AvgIpc) is 3.57. The fourth-order valence-electron chi connectivity index (χ4n) is 4.18. The Bertz CT molecular complexity index is 1230. The van der Waals surface area contributed by atoms with Crippen LogP contribution in [0.5, 0.6) is 5.75 Å². The van der Waals surface area contributed by atoms with E-state index in [0.717, 1.165) is 0 Å². The van der Waals surface area contributed by atoms with Gasteiger partial charge in [0.25, 0.3) is 0 Å². The van der Waals surface area contributed by atoms with E-state index in [9.17, 15) is 14.4 Å². The van der Waals surface area contributed by atoms with Crippen LogP contribution in [0.4, 0.5) is 0 Å². The van der Waals surface area contributed by atoms with E-state index in [-0.39, 0.29) is 12.2 Å². The van der Waals surface area contributed by atoms with E-state index in [0.29, 0.717) is 22.3 Å². The third-order valence-electron chi connectivity index (χ3n) is 6.95. The minimum absolute atomic E-state index is 0.280. The Hall–Kier alpha value is -2.91. The summed E-state index contributed by atoms with van der Waals surface area (Å²) in [7, 11) is 0. The minimum Gasteiger partial charge on any atom is -0.483 e. The second kappa shape index (κ2) is 6.80. The minimum atomic E-state index is -1.08. The first kappa shape index (κ1) is 21.9. The van der Waals surface area contributed by atoms with Crippen LogP contribution >= 0.6 is 0 Å². The first-order chi connectivity index (χ1) is 15.3. The summed E-state index contributed by atoms with van der Waals surface area (Å²) in [5.74, 6) is -0.758. The molecule has 1 aromatic carbocycles. The lowest BCUT2D eigenvalue weighted by Crippen LogP contribution is -2.53. The zero-order chi connectivity index (χ0) is 23.9. The van der Waals surface area contributed by atoms with Gasteiger partial charge in [0.05, 0.1) is 12.2 Å². The molecular weight excluding hydrogens is 432 g/mol. The highest BCUT2D eigenvalue weighted by Crippen LogP contribution is 2.48. The van der Waals surface area contributed by atoms with E-state index >= 15 is 0 Å². The van der Waals surface area contributed by atoms with Crippen molar-refractivity contribution in [3.05, 3.63) is 40.2 Å². The molecule has 6 atom stereocenters. The molecule has 0 spiro atoms. The fraction of sp³-hybridized carbons (Fsp3) is 0.542. The van der Waals surface area contributed by atoms with Crippen LogP contribution in [0.25, 0.3) is 11.0 Å². The molecule has 4 heterocycles. The first-order valence-corrected chi connectivity index (χ1v) is 10.9. The predicted molar refractivity (Wildman–Crippen MR) is 114 cm³/mol. The van der Waals surface area contributed by atoms with Crippen molar-refractivity contribution < 1.29 is 37.7 Å². The Kier molecular flexibility index (Phi) is 4.52. The molecule has 0 bridgehead atoms. The molecule has 9 heteroatoms. The molecule has 0 radical (unpaired) electrons. The van der Waals surface area contributed by atoms with Crippen LogP contribution in [0.15, 0.2) is 33.5 Å². The number of benzene rings is 1. The van der Waals surface area contributed by atoms with Gasteiger partial charge in [-0.2, -0.15) is 0 Å². The zero-order valence-corrected chi connectivity index (χ0v) is 19.3. The number of carbonyl (C=O) groups is 2. The smallest absolute Gasteiger partial charge is 0.341 e. The summed E-state index contributed by atoms with van der Waals surface area (Å²) in [5, 5.41) is 0.608. The molecule has 0 amide bonds. The maximum Gasteiger partial charge on any atom is 0.341 e. The van der Waals surface area contributed by atoms with E-state index in [1.165, 1.54) is 6.07 Å². The molecule has 0 aliphatic carbocycles. The molecule has 3 aliphatic heterocycles. The third kappa shape index (κ3) is 3.41. The number of ether oxygens (including phenoxy) is 5. The number of rotatable bonds is 4. The highest BCUT2D eigenvalue weighted by molar-refractivity contribution is 5.85. The third-order valence-corrected chi connectivity index (χ3v) is 6.95. The van der Waals surface area contributed by atoms with Crippen molar-refractivity contribution in [2.24, 2.45) is 0 Å². The van der Waals surface area contributed by atoms with Gasteiger partial charge in [0, 0.05) is 23.1 Å². The summed E-state index contributed by atoms with van der Waals surface area (Å²) in [5.41, 5.74) is -2.88. The van der Waals surface area contributed by atoms with Crippen LogP contribution in [0.2, 0.25) is 0 Å². The van der Waals surface area contributed by atoms with E-state index in [2.05, 4.69) is 0 Å². The number of esters is 2. The number of fused-ring (bicyclic) bond motifs is 2. The second-order valence-electron chi connectivity index (χ2n) is 9.77. The maximum absolute atomic E-state index is 13.0. The van der Waals surface area contributed by atoms with Gasteiger partial charge in [-0.3, -0.25) is 0 Å². The molecule has 2 saturated heterocycles. The monoisotopic (exact) mass is 458 g/mol. The molecule has 0 saturated carbocycles. The Balaban J connectivity index is 1.58. The quantitative estimate of drug-likeness (QED) is 0.387. The Morgan fingerprint density at radius 2 is 1.48 bits per heavy atom. The van der Waals surface area contributed by atoms with Crippen LogP contribution in [0.1, 0.15) is 53.2 Å². The summed E-state index contributed by atoms with van der Waals surface area (Å²) in [6, 6.07) is 6.20. The lowest BCUT2D eigenvalue weighted by molar-refractivity contribution is -0.196. The molecular formula is C24H26O9. The number of carbonyl (C=O) groups excluding carboxylic acids is 2. The molecule has 9 nitrogen and oxygen atoms in total. The van der Waals surface area contributed by atoms with Crippen molar-refractivity contribution in [2.45, 2.75) is 82.8 Å². The molecule has 5 rings (SSSR count). The van der Waals surface area contributed by atoms with E-state index < -0.39 is 46.6 Å². The Morgan fingerprint density at radius 3 is 2.06 bits per heavy atom. The first-order valence-electron chi connectivity index (χ1n) is 10.9. The van der Waals surface area contributed by atoms with Crippen molar-refractivity contribution in [3.8, 4) is 5.75 Å². The van der Waals surface area contributed by atoms with Crippen molar-refractivity contribution in [3.63, 3.8) is 0 Å². The second-order valence-corrected chi connectivity index (χ2v) is 9.77. The van der Waals surface area contributed by atoms with Crippen molar-refractivity contribution in [1.29, 1.82) is 0 Å². The van der Waals surface area contributed by atoms with E-state index in [1.807, 2.05) is 0 Å². The summed E-state index contributed by atoms with van der Waals surface area (Å²) < 4.78 is 34.1. The number of hydrogen-bond acceptors (Lipinski definition) is 9. The average molecular weight is 458 g/mol. The zero-order valence-electron chi connectivity index (χ0n) is 19.3. The van der Waals surface area contributed by atoms with Crippen LogP contribution in [-0.4, -0.2) is 47.1 Å². The van der Waals surface area contributed by atoms with E-state index in [4.69, 9.17) is 28.1 Å². The predicted octanol–water partition coefficient (Wildman–Crippen LogP) is 2.81. The van der Waals surface area contributed by atoms with Gasteiger partial charge in [0.1, 0.15) is 16.9 Å². The summed E-state index contributed by atoms with van der Waals surface area (Å²) in [6.07, 6.45) is -2.52. The van der Waals surface area contributed by atoms with Gasteiger partial charge < -0.3 is 28.1 Å². The topological polar surface area (TPSA) is 117 Å². The van der Waals surface area contributed by atoms with Gasteiger partial charge >= 0.3 is 17.6 Å². The SMILES string of the molecule is C[C@H]1O[C@@]1(C)C(=O)O[C@@H]1[C@H](OC(=O)[C@@]2(C)O[C@@H]2C)c2cc3ccc(=O)oc3cc2OC1(C)C. The summed E-state index contributed by atoms with van der Waals surface area (Å²) in [4.78, 5) is 37.6. The molecule has 1 aromatic heterocycles. The maximum atomic E-state index is 13.0. The Morgan fingerprint density at radius 1 is 0.909 bits per heavy atom. The highest BCUT2D eigenvalue weighted by Gasteiger charge is 2.61. The summed E-state index contributed by atoms with van der Waals surface area (Å²) >= 11 is 0. The molecule has 2 fully saturated rings. The summed E-state index contributed by atoms with van der Waals surface area (Å²) in [6.45, 7) is 10.3. The van der Waals surface area contributed by atoms with Crippen molar-refractivity contribution in [2.75, 3.05) is 0 Å². The lowest BCUT2D eigenvalue weighted by atomic mass is 9.87. The number of epoxide rings is 2. The molecule has 0 unspecified atom stereocenters. The van der Waals surface area contributed by atoms with Crippen molar-refractivity contribution >= 4 is 22.9 Å². The van der Waals surface area contributed by atoms with Gasteiger partial charge in [-0.1, -0.05) is 0 Å². The van der Waals surface area contributed by atoms with Gasteiger partial charge in [-0.05, 0) is 53.7 Å². The van der Waals surface area contributed by atoms with Crippen LogP contribution in [-0.2, 0) is 28.5 Å². The standard InChI is InChI=1S/C24H26O9/c1-11-23(5,31-11)20(26)29-18-14-9-13-7-8-17(25)28-15(13)10-16(14)33-22(3,4)19(18)30-21(27)24(6)12(2)32-24/h7-12,18-19H,1-6H3/t11-,12-,18-,19-,23+,24-/m1/s1. The van der Waals surface area contributed by atoms with Gasteiger partial charge in [-0.15, -0.1) is 0 Å². The molecule has 3 aliphatic rings. The number of hydrogen-bond donors (Lipinski definition) is 0. The molecule has 2 aromatic rings. The van der Waals surface area contributed by atoms with Gasteiger partial charge in [0.15, 0.2) is 23.4 Å². The van der Waals surface area contributed by atoms with Crippen LogP contribution in [0, 0.1) is 0 Å². The largest absolute Gasteiger partial charge is 0.483 e. The lowest BCUT2D eigenvalue weighted by Gasteiger charge is -2.43. The molecule has 176 valence electrons. The van der Waals surface area contributed by atoms with Gasteiger partial charge in [0.2, 0.25) is 0 Å². The van der Waals surface area contributed by atoms with Crippen LogP contribution < -0.4 is 10.4 Å². The normalized spacial score (nSPS) is 35.8. The highest BCUT2D eigenvalue weighted by atomic mass is 16.7. The fourth-order valence-corrected chi connectivity index (χ4v) is 4.18. The van der Waals surface area contributed by atoms with Crippen molar-refractivity contribution in [1.82, 2.24) is 0 Å². The molecule has 0 N–H and O–H groups in total. The van der Waals surface area contributed by atoms with E-state index in [1.54, 1.807) is 59.7 Å². The van der Waals surface area contributed by atoms with Crippen LogP contribution in [0.3, 0.4) is 0 Å². The van der Waals surface area contributed by atoms with Gasteiger partial charge in [-0.25, -0.2) is 14.4 Å². The Labute approximate surface area is 189 Å². The molecule has 33 heavy (non-hydrogen) atoms.